The summed E-state index contributed by atoms with van der Waals surface area (Å²) in [6.45, 7) is 23.5. The largest absolute Gasteiger partial charge is 0.494 e. The van der Waals surface area contributed by atoms with Gasteiger partial charge in [0.05, 0.1) is 35.8 Å². The number of aliphatic hydroxyl groups is 1. The number of anilines is 1. The first kappa shape index (κ1) is 38.7. The molecule has 7 atom stereocenters. The van der Waals surface area contributed by atoms with Crippen molar-refractivity contribution in [3.8, 4) is 5.75 Å². The van der Waals surface area contributed by atoms with E-state index in [1.54, 1.807) is 33.7 Å². The fourth-order valence-electron chi connectivity index (χ4n) is 9.38. The molecule has 0 radical (unpaired) electrons. The quantitative estimate of drug-likeness (QED) is 0.205. The SMILES string of the molecule is C=CCN(C(=O)[C@@H]1[C@@H]2CC(C)C3(S2)C(C(=O)N(CC=C)C(C)(C)CC(C)(C)C)N([C@@H](CO)Cc2ccccc2)C(=O)[C@H]13)c1ccc(OCC)cc1. The molecule has 0 saturated carbocycles. The molecular formula is C42H57N3O5S. The van der Waals surface area contributed by atoms with Crippen molar-refractivity contribution in [2.24, 2.45) is 23.2 Å². The van der Waals surface area contributed by atoms with Crippen LogP contribution in [0.1, 0.15) is 66.9 Å². The molecular weight excluding hydrogens is 659 g/mol. The second kappa shape index (κ2) is 15.2. The van der Waals surface area contributed by atoms with Gasteiger partial charge in [-0.15, -0.1) is 24.9 Å². The monoisotopic (exact) mass is 715 g/mol. The average molecular weight is 716 g/mol. The zero-order chi connectivity index (χ0) is 37.3. The maximum atomic E-state index is 15.5. The molecule has 3 aliphatic heterocycles. The Labute approximate surface area is 309 Å². The van der Waals surface area contributed by atoms with E-state index in [9.17, 15) is 9.90 Å². The lowest BCUT2D eigenvalue weighted by Crippen LogP contribution is -2.63. The van der Waals surface area contributed by atoms with Crippen LogP contribution in [0, 0.1) is 23.2 Å². The first-order chi connectivity index (χ1) is 24.1. The molecule has 5 rings (SSSR count). The molecule has 1 spiro atoms. The number of hydrogen-bond donors (Lipinski definition) is 1. The molecule has 1 N–H and O–H groups in total. The summed E-state index contributed by atoms with van der Waals surface area (Å²) in [6, 6.07) is 15.7. The van der Waals surface area contributed by atoms with Crippen LogP contribution in [-0.2, 0) is 20.8 Å². The van der Waals surface area contributed by atoms with E-state index in [2.05, 4.69) is 54.7 Å². The highest BCUT2D eigenvalue weighted by Crippen LogP contribution is 2.69. The van der Waals surface area contributed by atoms with Crippen LogP contribution in [0.3, 0.4) is 0 Å². The molecule has 3 heterocycles. The van der Waals surface area contributed by atoms with Crippen molar-refractivity contribution in [1.82, 2.24) is 9.80 Å². The number of thioether (sulfide) groups is 1. The minimum absolute atomic E-state index is 0.0184. The van der Waals surface area contributed by atoms with Gasteiger partial charge in [-0.05, 0) is 81.2 Å². The van der Waals surface area contributed by atoms with E-state index in [0.717, 1.165) is 12.0 Å². The van der Waals surface area contributed by atoms with Crippen molar-refractivity contribution in [2.75, 3.05) is 31.2 Å². The van der Waals surface area contributed by atoms with E-state index in [1.165, 1.54) is 0 Å². The second-order valence-corrected chi connectivity index (χ2v) is 17.8. The smallest absolute Gasteiger partial charge is 0.247 e. The molecule has 2 aromatic rings. The van der Waals surface area contributed by atoms with Crippen LogP contribution in [0.5, 0.6) is 5.75 Å². The van der Waals surface area contributed by atoms with Crippen LogP contribution in [0.4, 0.5) is 5.69 Å². The summed E-state index contributed by atoms with van der Waals surface area (Å²) in [7, 11) is 0. The Morgan fingerprint density at radius 1 is 1.04 bits per heavy atom. The van der Waals surface area contributed by atoms with E-state index in [-0.39, 0.29) is 47.5 Å². The van der Waals surface area contributed by atoms with Crippen LogP contribution < -0.4 is 9.64 Å². The molecule has 0 aliphatic carbocycles. The van der Waals surface area contributed by atoms with Gasteiger partial charge in [-0.3, -0.25) is 14.4 Å². The molecule has 3 amide bonds. The number of amides is 3. The summed E-state index contributed by atoms with van der Waals surface area (Å²) in [6.07, 6.45) is 5.29. The molecule has 8 nitrogen and oxygen atoms in total. The number of ether oxygens (including phenoxy) is 1. The Kier molecular flexibility index (Phi) is 11.5. The molecule has 51 heavy (non-hydrogen) atoms. The maximum Gasteiger partial charge on any atom is 0.247 e. The van der Waals surface area contributed by atoms with Gasteiger partial charge in [0.25, 0.3) is 0 Å². The van der Waals surface area contributed by atoms with Crippen molar-refractivity contribution >= 4 is 35.2 Å². The molecule has 3 unspecified atom stereocenters. The summed E-state index contributed by atoms with van der Waals surface area (Å²) in [5.74, 6) is -1.18. The minimum atomic E-state index is -0.865. The molecule has 3 aliphatic rings. The molecule has 276 valence electrons. The van der Waals surface area contributed by atoms with Gasteiger partial charge in [0, 0.05) is 29.6 Å². The number of carbonyl (C=O) groups excluding carboxylic acids is 3. The Balaban J connectivity index is 1.63. The van der Waals surface area contributed by atoms with Crippen LogP contribution in [0.2, 0.25) is 0 Å². The van der Waals surface area contributed by atoms with Gasteiger partial charge in [0.2, 0.25) is 17.7 Å². The van der Waals surface area contributed by atoms with Gasteiger partial charge in [-0.25, -0.2) is 0 Å². The van der Waals surface area contributed by atoms with E-state index in [1.807, 2.05) is 66.4 Å². The molecule has 2 bridgehead atoms. The van der Waals surface area contributed by atoms with E-state index >= 15 is 9.59 Å². The zero-order valence-electron chi connectivity index (χ0n) is 31.5. The van der Waals surface area contributed by atoms with Crippen molar-refractivity contribution in [3.05, 3.63) is 85.5 Å². The third kappa shape index (κ3) is 7.25. The van der Waals surface area contributed by atoms with Crippen LogP contribution in [0.15, 0.2) is 79.9 Å². The Morgan fingerprint density at radius 2 is 1.69 bits per heavy atom. The average Bonchev–Trinajstić information content (AvgIpc) is 3.67. The standard InChI is InChI=1S/C42H57N3O5S/c1-10-22-43(30-18-20-32(21-19-30)50-12-3)37(47)34-33-24-28(4)42(51-33)35(34)38(48)45(31(26-46)25-29-16-14-13-15-17-29)36(42)39(49)44(23-11-2)41(8,9)27-40(5,6)7/h10-11,13-21,28,31,33-36,46H,1-2,12,22-27H2,3-9H3/t28?,31-,33+,34-,35+,36?,42?/m1/s1. The first-order valence-corrected chi connectivity index (χ1v) is 19.2. The first-order valence-electron chi connectivity index (χ1n) is 18.4. The number of benzene rings is 2. The lowest BCUT2D eigenvalue weighted by molar-refractivity contribution is -0.149. The Morgan fingerprint density at radius 3 is 2.25 bits per heavy atom. The number of rotatable bonds is 15. The molecule has 9 heteroatoms. The van der Waals surface area contributed by atoms with E-state index in [0.29, 0.717) is 37.4 Å². The topological polar surface area (TPSA) is 90.4 Å². The molecule has 0 aromatic heterocycles. The van der Waals surface area contributed by atoms with Gasteiger partial charge in [-0.2, -0.15) is 0 Å². The fourth-order valence-corrected chi connectivity index (χ4v) is 11.8. The maximum absolute atomic E-state index is 15.5. The number of likely N-dealkylation sites (tertiary alicyclic amines) is 1. The number of fused-ring (bicyclic) bond motifs is 1. The summed E-state index contributed by atoms with van der Waals surface area (Å²) in [5, 5.41) is 10.9. The molecule has 3 fully saturated rings. The van der Waals surface area contributed by atoms with Crippen LogP contribution in [-0.4, -0.2) is 86.6 Å². The second-order valence-electron chi connectivity index (χ2n) is 16.3. The van der Waals surface area contributed by atoms with Crippen molar-refractivity contribution in [3.63, 3.8) is 0 Å². The lowest BCUT2D eigenvalue weighted by atomic mass is 9.65. The third-order valence-electron chi connectivity index (χ3n) is 10.9. The van der Waals surface area contributed by atoms with Gasteiger partial charge in [0.15, 0.2) is 0 Å². The van der Waals surface area contributed by atoms with E-state index < -0.39 is 34.2 Å². The minimum Gasteiger partial charge on any atom is -0.494 e. The summed E-state index contributed by atoms with van der Waals surface area (Å²) >= 11 is 1.66. The van der Waals surface area contributed by atoms with Crippen LogP contribution >= 0.6 is 11.8 Å². The van der Waals surface area contributed by atoms with Crippen molar-refractivity contribution in [2.45, 2.75) is 95.3 Å². The Bertz CT molecular complexity index is 1590. The fraction of sp³-hybridized carbons (Fsp3) is 0.548. The number of aliphatic hydroxyl groups excluding tert-OH is 1. The van der Waals surface area contributed by atoms with Crippen molar-refractivity contribution in [1.29, 1.82) is 0 Å². The van der Waals surface area contributed by atoms with Crippen LogP contribution in [0.25, 0.3) is 0 Å². The van der Waals surface area contributed by atoms with Gasteiger partial charge < -0.3 is 24.5 Å². The summed E-state index contributed by atoms with van der Waals surface area (Å²) < 4.78 is 4.80. The number of nitrogens with zero attached hydrogens (tertiary/aromatic N) is 3. The highest BCUT2D eigenvalue weighted by atomic mass is 32.2. The normalized spacial score (nSPS) is 26.1. The predicted molar refractivity (Wildman–Crippen MR) is 207 cm³/mol. The number of hydrogen-bond acceptors (Lipinski definition) is 6. The summed E-state index contributed by atoms with van der Waals surface area (Å²) in [4.78, 5) is 50.9. The lowest BCUT2D eigenvalue weighted by Gasteiger charge is -2.47. The van der Waals surface area contributed by atoms with Gasteiger partial charge in [0.1, 0.15) is 11.8 Å². The van der Waals surface area contributed by atoms with Gasteiger partial charge >= 0.3 is 0 Å². The predicted octanol–water partition coefficient (Wildman–Crippen LogP) is 6.77. The highest BCUT2D eigenvalue weighted by molar-refractivity contribution is 8.02. The Hall–Kier alpha value is -3.56. The highest BCUT2D eigenvalue weighted by Gasteiger charge is 2.77. The number of carbonyl (C=O) groups is 3. The van der Waals surface area contributed by atoms with Gasteiger partial charge in [-0.1, -0.05) is 70.2 Å². The van der Waals surface area contributed by atoms with E-state index in [4.69, 9.17) is 4.74 Å². The van der Waals surface area contributed by atoms with Crippen molar-refractivity contribution < 1.29 is 24.2 Å². The third-order valence-corrected chi connectivity index (χ3v) is 13.0. The molecule has 2 aromatic carbocycles. The molecule has 3 saturated heterocycles. The zero-order valence-corrected chi connectivity index (χ0v) is 32.3. The summed E-state index contributed by atoms with van der Waals surface area (Å²) in [5.41, 5.74) is 1.03.